The Morgan fingerprint density at radius 2 is 1.54 bits per heavy atom. The second kappa shape index (κ2) is 12.8. The summed E-state index contributed by atoms with van der Waals surface area (Å²) in [5.41, 5.74) is -0.380. The highest BCUT2D eigenvalue weighted by Crippen LogP contribution is 2.37. The first-order valence-electron chi connectivity index (χ1n) is 14.4. The molecule has 1 spiro atoms. The molecule has 222 valence electrons. The van der Waals surface area contributed by atoms with Gasteiger partial charge in [0, 0.05) is 32.6 Å². The van der Waals surface area contributed by atoms with Gasteiger partial charge in [-0.25, -0.2) is 4.79 Å². The van der Waals surface area contributed by atoms with Crippen LogP contribution in [0.4, 0.5) is 0 Å². The van der Waals surface area contributed by atoms with Gasteiger partial charge < -0.3 is 25.2 Å². The van der Waals surface area contributed by atoms with Gasteiger partial charge in [-0.3, -0.25) is 14.5 Å². The average Bonchev–Trinajstić information content (AvgIpc) is 2.95. The number of aliphatic hydroxyl groups is 1. The zero-order valence-corrected chi connectivity index (χ0v) is 24.3. The maximum absolute atomic E-state index is 13.5. The lowest BCUT2D eigenvalue weighted by Crippen LogP contribution is -2.73. The minimum absolute atomic E-state index is 0. The molecule has 1 atom stereocenters. The van der Waals surface area contributed by atoms with Crippen LogP contribution in [0.3, 0.4) is 0 Å². The second-order valence-corrected chi connectivity index (χ2v) is 11.5. The maximum atomic E-state index is 13.5. The third-order valence-electron chi connectivity index (χ3n) is 8.84. The molecule has 9 nitrogen and oxygen atoms in total. The second-order valence-electron chi connectivity index (χ2n) is 11.5. The Balaban J connectivity index is 0.00000387. The molecule has 0 unspecified atom stereocenters. The summed E-state index contributed by atoms with van der Waals surface area (Å²) in [5.74, 6) is 0.0950. The molecule has 41 heavy (non-hydrogen) atoms. The summed E-state index contributed by atoms with van der Waals surface area (Å²) >= 11 is 0. The van der Waals surface area contributed by atoms with Gasteiger partial charge >= 0.3 is 5.97 Å². The van der Waals surface area contributed by atoms with Crippen molar-refractivity contribution < 1.29 is 29.3 Å². The van der Waals surface area contributed by atoms with Crippen molar-refractivity contribution in [2.45, 2.75) is 82.0 Å². The van der Waals surface area contributed by atoms with Crippen LogP contribution >= 0.6 is 12.4 Å². The molecule has 0 radical (unpaired) electrons. The third-order valence-corrected chi connectivity index (χ3v) is 8.84. The highest BCUT2D eigenvalue weighted by atomic mass is 35.5. The molecule has 10 heteroatoms. The molecule has 2 aliphatic heterocycles. The van der Waals surface area contributed by atoms with Crippen LogP contribution in [0.25, 0.3) is 0 Å². The number of halogens is 1. The van der Waals surface area contributed by atoms with Crippen molar-refractivity contribution in [3.05, 3.63) is 59.7 Å². The molecule has 1 saturated carbocycles. The smallest absolute Gasteiger partial charge is 0.335 e. The number of piperidine rings is 1. The highest BCUT2D eigenvalue weighted by Gasteiger charge is 2.54. The molecule has 0 bridgehead atoms. The number of hydrogen-bond acceptors (Lipinski definition) is 6. The lowest BCUT2D eigenvalue weighted by molar-refractivity contribution is -0.163. The van der Waals surface area contributed by atoms with Gasteiger partial charge in [0.1, 0.15) is 23.1 Å². The van der Waals surface area contributed by atoms with Gasteiger partial charge in [-0.1, -0.05) is 31.4 Å². The molecule has 2 heterocycles. The number of piperazine rings is 1. The number of likely N-dealkylation sites (N-methyl/N-ethyl adjacent to an activating group) is 1. The number of amides is 2. The van der Waals surface area contributed by atoms with E-state index in [4.69, 9.17) is 9.84 Å². The van der Waals surface area contributed by atoms with Crippen molar-refractivity contribution in [2.24, 2.45) is 0 Å². The van der Waals surface area contributed by atoms with E-state index in [1.54, 1.807) is 17.0 Å². The molecule has 3 aliphatic rings. The molecule has 3 fully saturated rings. The number of aromatic carboxylic acids is 1. The predicted octanol–water partition coefficient (Wildman–Crippen LogP) is 4.37. The Labute approximate surface area is 247 Å². The van der Waals surface area contributed by atoms with Crippen LogP contribution in [0, 0.1) is 0 Å². The van der Waals surface area contributed by atoms with Gasteiger partial charge in [0.15, 0.2) is 0 Å². The molecular formula is C31H40ClN3O6. The number of ether oxygens (including phenoxy) is 1. The fraction of sp³-hybridized carbons (Fsp3) is 0.516. The molecule has 5 rings (SSSR count). The number of nitrogens with one attached hydrogen (secondary N) is 1. The minimum Gasteiger partial charge on any atom is -0.478 e. The van der Waals surface area contributed by atoms with Crippen LogP contribution in [-0.4, -0.2) is 74.6 Å². The van der Waals surface area contributed by atoms with Gasteiger partial charge in [-0.05, 0) is 74.6 Å². The number of benzene rings is 2. The number of nitrogens with zero attached hydrogens (tertiary/aromatic N) is 2. The van der Waals surface area contributed by atoms with E-state index in [2.05, 4.69) is 10.2 Å². The van der Waals surface area contributed by atoms with E-state index in [0.29, 0.717) is 63.2 Å². The lowest BCUT2D eigenvalue weighted by atomic mass is 9.77. The zero-order chi connectivity index (χ0) is 28.3. The fourth-order valence-corrected chi connectivity index (χ4v) is 6.57. The van der Waals surface area contributed by atoms with Crippen LogP contribution in [0.1, 0.15) is 74.2 Å². The minimum atomic E-state index is -0.976. The van der Waals surface area contributed by atoms with Crippen LogP contribution in [0.15, 0.2) is 48.5 Å². The standard InChI is InChI=1S/C31H39N3O6.ClH/c1-2-34-27(35)26(20-30(39)14-4-3-5-15-30)32-29(38)31(34)16-18-33(19-17-31)21-22-6-10-24(11-7-22)40-25-12-8-23(9-13-25)28(36)37;/h6-13,26,39H,2-5,14-21H2,1H3,(H,32,38)(H,36,37);1H/t26-;/m1./s1. The van der Waals surface area contributed by atoms with Gasteiger partial charge in [0.2, 0.25) is 11.8 Å². The summed E-state index contributed by atoms with van der Waals surface area (Å²) in [4.78, 5) is 42.1. The van der Waals surface area contributed by atoms with E-state index in [1.807, 2.05) is 31.2 Å². The van der Waals surface area contributed by atoms with Crippen LogP contribution in [0.5, 0.6) is 11.5 Å². The zero-order valence-electron chi connectivity index (χ0n) is 23.5. The van der Waals surface area contributed by atoms with E-state index in [1.165, 1.54) is 12.1 Å². The Bertz CT molecular complexity index is 1220. The van der Waals surface area contributed by atoms with Gasteiger partial charge in [-0.2, -0.15) is 0 Å². The highest BCUT2D eigenvalue weighted by molar-refractivity contribution is 6.00. The van der Waals surface area contributed by atoms with E-state index in [-0.39, 0.29) is 29.8 Å². The molecule has 2 amide bonds. The van der Waals surface area contributed by atoms with E-state index in [0.717, 1.165) is 31.4 Å². The summed E-state index contributed by atoms with van der Waals surface area (Å²) in [7, 11) is 0. The quantitative estimate of drug-likeness (QED) is 0.421. The SMILES string of the molecule is CCN1C(=O)[C@@H](CC2(O)CCCCC2)NC(=O)C12CCN(Cc1ccc(Oc3ccc(C(=O)O)cc3)cc1)CC2.Cl. The summed E-state index contributed by atoms with van der Waals surface area (Å²) < 4.78 is 5.84. The van der Waals surface area contributed by atoms with Crippen molar-refractivity contribution in [3.8, 4) is 11.5 Å². The molecule has 2 aromatic carbocycles. The Morgan fingerprint density at radius 3 is 2.10 bits per heavy atom. The lowest BCUT2D eigenvalue weighted by Gasteiger charge is -2.52. The summed E-state index contributed by atoms with van der Waals surface area (Å²) in [6.45, 7) is 4.52. The normalized spacial score (nSPS) is 22.1. The van der Waals surface area contributed by atoms with Crippen molar-refractivity contribution in [1.29, 1.82) is 0 Å². The van der Waals surface area contributed by atoms with E-state index >= 15 is 0 Å². The van der Waals surface area contributed by atoms with E-state index < -0.39 is 23.2 Å². The summed E-state index contributed by atoms with van der Waals surface area (Å²) in [6, 6.07) is 13.4. The molecule has 2 saturated heterocycles. The van der Waals surface area contributed by atoms with Gasteiger partial charge in [0.25, 0.3) is 0 Å². The molecule has 0 aromatic heterocycles. The number of carboxylic acids is 1. The maximum Gasteiger partial charge on any atom is 0.335 e. The van der Waals surface area contributed by atoms with Crippen molar-refractivity contribution in [1.82, 2.24) is 15.1 Å². The Hall–Kier alpha value is -3.14. The number of carbonyl (C=O) groups excluding carboxylic acids is 2. The first-order valence-corrected chi connectivity index (χ1v) is 14.4. The predicted molar refractivity (Wildman–Crippen MR) is 156 cm³/mol. The largest absolute Gasteiger partial charge is 0.478 e. The van der Waals surface area contributed by atoms with E-state index in [9.17, 15) is 19.5 Å². The molecule has 3 N–H and O–H groups in total. The molecular weight excluding hydrogens is 546 g/mol. The number of likely N-dealkylation sites (tertiary alicyclic amines) is 1. The average molecular weight is 586 g/mol. The summed E-state index contributed by atoms with van der Waals surface area (Å²) in [6.07, 6.45) is 5.84. The van der Waals surface area contributed by atoms with Gasteiger partial charge in [0.05, 0.1) is 11.2 Å². The fourth-order valence-electron chi connectivity index (χ4n) is 6.57. The summed E-state index contributed by atoms with van der Waals surface area (Å²) in [5, 5.41) is 23.1. The van der Waals surface area contributed by atoms with Crippen molar-refractivity contribution in [3.63, 3.8) is 0 Å². The number of rotatable bonds is 8. The van der Waals surface area contributed by atoms with Crippen molar-refractivity contribution >= 4 is 30.2 Å². The number of hydrogen-bond donors (Lipinski definition) is 3. The number of carbonyl (C=O) groups is 3. The van der Waals surface area contributed by atoms with Crippen molar-refractivity contribution in [2.75, 3.05) is 19.6 Å². The van der Waals surface area contributed by atoms with Gasteiger partial charge in [-0.15, -0.1) is 12.4 Å². The van der Waals surface area contributed by atoms with Crippen LogP contribution < -0.4 is 10.1 Å². The molecule has 1 aliphatic carbocycles. The van der Waals surface area contributed by atoms with Crippen LogP contribution in [0.2, 0.25) is 0 Å². The monoisotopic (exact) mass is 585 g/mol. The first-order chi connectivity index (χ1) is 19.2. The topological polar surface area (TPSA) is 119 Å². The van der Waals surface area contributed by atoms with Crippen LogP contribution in [-0.2, 0) is 16.1 Å². The number of carboxylic acid groups (broad SMARTS) is 1. The Morgan fingerprint density at radius 1 is 0.951 bits per heavy atom. The Kier molecular flexibility index (Phi) is 9.62. The molecule has 2 aromatic rings. The third kappa shape index (κ3) is 6.68. The first kappa shape index (κ1) is 30.8.